The summed E-state index contributed by atoms with van der Waals surface area (Å²) in [5.74, 6) is -1.36. The highest BCUT2D eigenvalue weighted by Gasteiger charge is 2.42. The number of ether oxygens (including phenoxy) is 2. The van der Waals surface area contributed by atoms with Crippen molar-refractivity contribution in [1.29, 1.82) is 0 Å². The topological polar surface area (TPSA) is 193 Å². The van der Waals surface area contributed by atoms with Crippen LogP contribution in [0.25, 0.3) is 27.8 Å². The van der Waals surface area contributed by atoms with Gasteiger partial charge in [0.1, 0.15) is 24.7 Å². The summed E-state index contributed by atoms with van der Waals surface area (Å²) in [7, 11) is -4.41. The summed E-state index contributed by atoms with van der Waals surface area (Å²) in [5.41, 5.74) is 6.90. The highest BCUT2D eigenvalue weighted by Crippen LogP contribution is 2.47. The second-order valence-corrected chi connectivity index (χ2v) is 12.3. The first kappa shape index (κ1) is 31.3. The van der Waals surface area contributed by atoms with Crippen molar-refractivity contribution in [1.82, 2.24) is 24.6 Å². The van der Waals surface area contributed by atoms with Crippen molar-refractivity contribution >= 4 is 59.0 Å². The normalized spacial score (nSPS) is 18.3. The van der Waals surface area contributed by atoms with Crippen LogP contribution in [0.5, 0.6) is 5.75 Å². The summed E-state index contributed by atoms with van der Waals surface area (Å²) in [6.07, 6.45) is -1.76. The Balaban J connectivity index is 1.22. The van der Waals surface area contributed by atoms with Crippen LogP contribution in [0, 0.1) is 0 Å². The molecule has 2 aromatic heterocycles. The molecule has 2 unspecified atom stereocenters. The lowest BCUT2D eigenvalue weighted by Crippen LogP contribution is -2.36. The summed E-state index contributed by atoms with van der Waals surface area (Å²) >= 11 is 6.29. The minimum Gasteiger partial charge on any atom is -0.505 e. The number of esters is 1. The van der Waals surface area contributed by atoms with Crippen molar-refractivity contribution in [2.75, 3.05) is 12.3 Å². The van der Waals surface area contributed by atoms with E-state index in [0.29, 0.717) is 5.39 Å². The second kappa shape index (κ2) is 12.9. The maximum absolute atomic E-state index is 14.3. The van der Waals surface area contributed by atoms with Crippen molar-refractivity contribution in [3.8, 4) is 5.75 Å². The molecule has 0 saturated carbocycles. The van der Waals surface area contributed by atoms with Crippen LogP contribution in [-0.4, -0.2) is 60.6 Å². The Hall–Kier alpha value is -4.72. The third-order valence-electron chi connectivity index (χ3n) is 7.06. The Morgan fingerprint density at radius 2 is 1.87 bits per heavy atom. The van der Waals surface area contributed by atoms with Gasteiger partial charge in [0, 0.05) is 5.39 Å². The Labute approximate surface area is 266 Å². The minimum atomic E-state index is -4.41. The van der Waals surface area contributed by atoms with Crippen LogP contribution < -0.4 is 15.3 Å². The van der Waals surface area contributed by atoms with Gasteiger partial charge in [-0.3, -0.25) is 9.32 Å². The Bertz CT molecular complexity index is 1990. The van der Waals surface area contributed by atoms with Gasteiger partial charge in [0.05, 0.1) is 6.61 Å². The second-order valence-electron chi connectivity index (χ2n) is 10.2. The van der Waals surface area contributed by atoms with Gasteiger partial charge in [-0.2, -0.15) is 5.09 Å². The number of nitrogen functional groups attached to an aromatic ring is 1. The van der Waals surface area contributed by atoms with Crippen molar-refractivity contribution in [2.45, 2.75) is 31.8 Å². The number of fused-ring (bicyclic) bond motifs is 2. The molecule has 0 amide bonds. The molecule has 0 fully saturated rings. The number of halogens is 1. The maximum Gasteiger partial charge on any atom is 0.459 e. The lowest BCUT2D eigenvalue weighted by molar-refractivity contribution is -0.146. The number of hydrogen-bond donors (Lipinski definition) is 4. The first-order valence-corrected chi connectivity index (χ1v) is 15.9. The Kier molecular flexibility index (Phi) is 8.80. The van der Waals surface area contributed by atoms with Crippen LogP contribution in [0.15, 0.2) is 84.9 Å². The van der Waals surface area contributed by atoms with Gasteiger partial charge in [-0.05, 0) is 35.5 Å². The van der Waals surface area contributed by atoms with Crippen LogP contribution in [0.1, 0.15) is 12.5 Å². The van der Waals surface area contributed by atoms with Gasteiger partial charge in [0.15, 0.2) is 34.9 Å². The predicted octanol–water partition coefficient (Wildman–Crippen LogP) is 4.58. The van der Waals surface area contributed by atoms with Gasteiger partial charge in [0.25, 0.3) is 0 Å². The molecular formula is C30H28ClN6O8P. The number of nitrogens with one attached hydrogen (secondary N) is 1. The molecule has 0 spiro atoms. The van der Waals surface area contributed by atoms with E-state index in [2.05, 4.69) is 20.0 Å². The molecule has 5 N–H and O–H groups in total. The van der Waals surface area contributed by atoms with Gasteiger partial charge >= 0.3 is 13.7 Å². The first-order valence-electron chi connectivity index (χ1n) is 14.0. The van der Waals surface area contributed by atoms with Crippen molar-refractivity contribution in [3.05, 3.63) is 95.7 Å². The summed E-state index contributed by atoms with van der Waals surface area (Å²) in [4.78, 5) is 25.0. The Morgan fingerprint density at radius 1 is 1.13 bits per heavy atom. The molecule has 14 nitrogen and oxygen atoms in total. The molecule has 46 heavy (non-hydrogen) atoms. The number of rotatable bonds is 11. The van der Waals surface area contributed by atoms with E-state index in [-0.39, 0.29) is 40.5 Å². The average Bonchev–Trinajstić information content (AvgIpc) is 3.54. The number of nitrogens with two attached hydrogens (primary N) is 1. The number of aliphatic hydroxyl groups is 2. The summed E-state index contributed by atoms with van der Waals surface area (Å²) in [6, 6.07) is 20.4. The highest BCUT2D eigenvalue weighted by molar-refractivity contribution is 7.52. The molecule has 5 aromatic rings. The van der Waals surface area contributed by atoms with Gasteiger partial charge in [0.2, 0.25) is 11.2 Å². The van der Waals surface area contributed by atoms with E-state index in [9.17, 15) is 19.6 Å². The van der Waals surface area contributed by atoms with Crippen LogP contribution in [0.2, 0.25) is 5.28 Å². The number of carbonyl (C=O) groups excluding carboxylic acids is 1. The average molecular weight is 667 g/mol. The molecule has 0 aliphatic carbocycles. The molecular weight excluding hydrogens is 639 g/mol. The molecule has 0 saturated heterocycles. The van der Waals surface area contributed by atoms with E-state index in [0.717, 1.165) is 15.5 Å². The van der Waals surface area contributed by atoms with E-state index < -0.39 is 44.3 Å². The van der Waals surface area contributed by atoms with Gasteiger partial charge in [-0.1, -0.05) is 66.7 Å². The molecule has 6 rings (SSSR count). The van der Waals surface area contributed by atoms with Crippen LogP contribution in [0.4, 0.5) is 5.82 Å². The molecule has 4 atom stereocenters. The fourth-order valence-electron chi connectivity index (χ4n) is 4.74. The fraction of sp³-hybridized carbons (Fsp3) is 0.200. The standard InChI is InChI=1S/C30H28ClN6O8P/c1-17(29(40)42-14-18-8-3-2-4-9-18)36-46(41,45-21-13-7-11-19-10-5-6-12-20(19)21)43-15-22-24(38)25(39)28(44-22)37-27-23(35-30(37)31)26(32)33-16-34-27/h2-13,16-17,22,24,38-39H,14-15H2,1H3,(H,36,41)(H2,32,33,34)/t17-,22+,24?,46?/m0/s1. The summed E-state index contributed by atoms with van der Waals surface area (Å²) in [5, 5.41) is 25.5. The van der Waals surface area contributed by atoms with E-state index in [1.54, 1.807) is 36.4 Å². The van der Waals surface area contributed by atoms with E-state index in [1.165, 1.54) is 13.3 Å². The molecule has 0 bridgehead atoms. The van der Waals surface area contributed by atoms with Gasteiger partial charge < -0.3 is 29.9 Å². The number of hydrogen-bond acceptors (Lipinski definition) is 12. The third-order valence-corrected chi connectivity index (χ3v) is 8.94. The lowest BCUT2D eigenvalue weighted by Gasteiger charge is -2.25. The zero-order valence-electron chi connectivity index (χ0n) is 24.2. The predicted molar refractivity (Wildman–Crippen MR) is 168 cm³/mol. The van der Waals surface area contributed by atoms with Crippen molar-refractivity contribution < 1.29 is 38.1 Å². The molecule has 238 valence electrons. The minimum absolute atomic E-state index is 0.00107. The zero-order chi connectivity index (χ0) is 32.4. The van der Waals surface area contributed by atoms with Crippen molar-refractivity contribution in [3.63, 3.8) is 0 Å². The smallest absolute Gasteiger partial charge is 0.459 e. The van der Waals surface area contributed by atoms with Crippen LogP contribution in [-0.2, 0) is 30.0 Å². The third kappa shape index (κ3) is 6.34. The summed E-state index contributed by atoms with van der Waals surface area (Å²) < 4.78 is 38.3. The molecule has 0 radical (unpaired) electrons. The first-order chi connectivity index (χ1) is 22.1. The lowest BCUT2D eigenvalue weighted by atomic mass is 10.1. The largest absolute Gasteiger partial charge is 0.505 e. The monoisotopic (exact) mass is 666 g/mol. The number of carbonyl (C=O) groups is 1. The van der Waals surface area contributed by atoms with Crippen molar-refractivity contribution in [2.24, 2.45) is 0 Å². The molecule has 16 heteroatoms. The number of aromatic nitrogens is 4. The maximum atomic E-state index is 14.3. The van der Waals surface area contributed by atoms with Gasteiger partial charge in [-0.15, -0.1) is 0 Å². The van der Waals surface area contributed by atoms with Crippen LogP contribution >= 0.6 is 19.3 Å². The van der Waals surface area contributed by atoms with E-state index in [1.807, 2.05) is 36.4 Å². The fourth-order valence-corrected chi connectivity index (χ4v) is 6.50. The summed E-state index contributed by atoms with van der Waals surface area (Å²) in [6.45, 7) is 0.873. The number of imidazole rings is 1. The molecule has 3 aromatic carbocycles. The number of aliphatic hydroxyl groups excluding tert-OH is 2. The molecule has 1 aliphatic rings. The number of benzene rings is 3. The zero-order valence-corrected chi connectivity index (χ0v) is 25.8. The highest BCUT2D eigenvalue weighted by atomic mass is 35.5. The number of nitrogens with zero attached hydrogens (tertiary/aromatic N) is 4. The molecule has 3 heterocycles. The quantitative estimate of drug-likeness (QED) is 0.0870. The SMILES string of the molecule is C[C@H](NP(=O)(OC[C@H]1OC(n2c(Cl)nc3c(N)ncnc32)=C(O)C1O)Oc1cccc2ccccc12)C(=O)OCc1ccccc1. The van der Waals surface area contributed by atoms with Gasteiger partial charge in [-0.25, -0.2) is 24.1 Å². The van der Waals surface area contributed by atoms with Crippen LogP contribution in [0.3, 0.4) is 0 Å². The molecule has 1 aliphatic heterocycles. The Morgan fingerprint density at radius 3 is 2.67 bits per heavy atom. The van der Waals surface area contributed by atoms with E-state index in [4.69, 9.17) is 35.9 Å². The number of anilines is 1. The van der Waals surface area contributed by atoms with E-state index >= 15 is 0 Å².